The minimum Gasteiger partial charge on any atom is -0.392 e. The second-order valence-electron chi connectivity index (χ2n) is 4.48. The third-order valence-corrected chi connectivity index (χ3v) is 3.75. The number of anilines is 1. The molecule has 2 heterocycles. The van der Waals surface area contributed by atoms with E-state index in [1.54, 1.807) is 0 Å². The molecule has 0 aliphatic carbocycles. The molecule has 0 spiro atoms. The Bertz CT molecular complexity index is 347. The van der Waals surface area contributed by atoms with E-state index < -0.39 is 0 Å². The number of aryl methyl sites for hydroxylation is 1. The van der Waals surface area contributed by atoms with Gasteiger partial charge in [-0.25, -0.2) is 4.98 Å². The summed E-state index contributed by atoms with van der Waals surface area (Å²) in [6.07, 6.45) is 0.660. The van der Waals surface area contributed by atoms with Crippen LogP contribution in [0.15, 0.2) is 0 Å². The van der Waals surface area contributed by atoms with Gasteiger partial charge in [0.1, 0.15) is 5.82 Å². The number of aliphatic hydroxyl groups is 1. The van der Waals surface area contributed by atoms with Crippen molar-refractivity contribution in [2.24, 2.45) is 0 Å². The molecule has 1 fully saturated rings. The minimum atomic E-state index is -0.241. The minimum absolute atomic E-state index is 0.241. The molecule has 6 heteroatoms. The van der Waals surface area contributed by atoms with Crippen molar-refractivity contribution in [3.05, 3.63) is 5.82 Å². The molecule has 1 aromatic heterocycles. The molecule has 1 aliphatic rings. The molecule has 1 aliphatic heterocycles. The summed E-state index contributed by atoms with van der Waals surface area (Å²) < 4.78 is 4.31. The van der Waals surface area contributed by atoms with Gasteiger partial charge in [0, 0.05) is 50.7 Å². The smallest absolute Gasteiger partial charge is 0.205 e. The van der Waals surface area contributed by atoms with Gasteiger partial charge in [0.05, 0.1) is 6.10 Å². The molecule has 1 N–H and O–H groups in total. The predicted molar refractivity (Wildman–Crippen MR) is 69.6 cm³/mol. The Kier molecular flexibility index (Phi) is 4.31. The van der Waals surface area contributed by atoms with E-state index in [4.69, 9.17) is 0 Å². The van der Waals surface area contributed by atoms with Crippen molar-refractivity contribution in [2.45, 2.75) is 26.4 Å². The lowest BCUT2D eigenvalue weighted by Gasteiger charge is -2.34. The Labute approximate surface area is 106 Å². The van der Waals surface area contributed by atoms with Gasteiger partial charge < -0.3 is 10.0 Å². The number of piperazine rings is 1. The molecule has 0 unspecified atom stereocenters. The fourth-order valence-corrected chi connectivity index (χ4v) is 2.81. The fraction of sp³-hybridized carbons (Fsp3) is 0.818. The van der Waals surface area contributed by atoms with Gasteiger partial charge in [0.2, 0.25) is 5.13 Å². The van der Waals surface area contributed by atoms with E-state index in [1.807, 2.05) is 6.92 Å². The second-order valence-corrected chi connectivity index (χ2v) is 5.21. The Morgan fingerprint density at radius 1 is 1.35 bits per heavy atom. The van der Waals surface area contributed by atoms with Crippen LogP contribution in [0.4, 0.5) is 5.13 Å². The molecule has 17 heavy (non-hydrogen) atoms. The Morgan fingerprint density at radius 2 is 2.06 bits per heavy atom. The maximum atomic E-state index is 9.35. The van der Waals surface area contributed by atoms with E-state index in [9.17, 15) is 5.11 Å². The van der Waals surface area contributed by atoms with Crippen molar-refractivity contribution < 1.29 is 5.11 Å². The van der Waals surface area contributed by atoms with Crippen LogP contribution in [0.5, 0.6) is 0 Å². The molecular weight excluding hydrogens is 236 g/mol. The first-order valence-electron chi connectivity index (χ1n) is 6.17. The summed E-state index contributed by atoms with van der Waals surface area (Å²) in [6.45, 7) is 8.62. The first kappa shape index (κ1) is 12.7. The van der Waals surface area contributed by atoms with Crippen LogP contribution in [-0.4, -0.2) is 58.2 Å². The first-order chi connectivity index (χ1) is 8.19. The van der Waals surface area contributed by atoms with Gasteiger partial charge in [-0.1, -0.05) is 6.92 Å². The largest absolute Gasteiger partial charge is 0.392 e. The Morgan fingerprint density at radius 3 is 2.59 bits per heavy atom. The lowest BCUT2D eigenvalue weighted by atomic mass is 10.3. The second kappa shape index (κ2) is 5.75. The fourth-order valence-electron chi connectivity index (χ4n) is 2.01. The topological polar surface area (TPSA) is 52.5 Å². The summed E-state index contributed by atoms with van der Waals surface area (Å²) >= 11 is 1.49. The molecular formula is C11H20N4OS. The third kappa shape index (κ3) is 3.37. The number of rotatable bonds is 4. The molecule has 1 aromatic rings. The third-order valence-electron chi connectivity index (χ3n) is 2.94. The van der Waals surface area contributed by atoms with Gasteiger partial charge >= 0.3 is 0 Å². The highest BCUT2D eigenvalue weighted by Gasteiger charge is 2.20. The van der Waals surface area contributed by atoms with Crippen molar-refractivity contribution in [3.63, 3.8) is 0 Å². The maximum Gasteiger partial charge on any atom is 0.205 e. The number of β-amino-alcohol motifs (C(OH)–C–C–N with tert-alkyl or cyclic N) is 1. The van der Waals surface area contributed by atoms with E-state index in [1.165, 1.54) is 11.5 Å². The molecule has 1 saturated heterocycles. The van der Waals surface area contributed by atoms with Crippen LogP contribution >= 0.6 is 11.5 Å². The van der Waals surface area contributed by atoms with E-state index in [2.05, 4.69) is 26.1 Å². The highest BCUT2D eigenvalue weighted by atomic mass is 32.1. The van der Waals surface area contributed by atoms with E-state index in [0.29, 0.717) is 0 Å². The van der Waals surface area contributed by atoms with Crippen molar-refractivity contribution in [3.8, 4) is 0 Å². The van der Waals surface area contributed by atoms with Crippen LogP contribution in [0.25, 0.3) is 0 Å². The summed E-state index contributed by atoms with van der Waals surface area (Å²) in [6, 6.07) is 0. The predicted octanol–water partition coefficient (Wildman–Crippen LogP) is 0.603. The van der Waals surface area contributed by atoms with Crippen LogP contribution < -0.4 is 4.90 Å². The molecule has 1 atom stereocenters. The molecule has 0 bridgehead atoms. The highest BCUT2D eigenvalue weighted by Crippen LogP contribution is 2.19. The number of hydrogen-bond donors (Lipinski definition) is 1. The quantitative estimate of drug-likeness (QED) is 0.855. The van der Waals surface area contributed by atoms with Crippen molar-refractivity contribution >= 4 is 16.7 Å². The lowest BCUT2D eigenvalue weighted by molar-refractivity contribution is 0.122. The van der Waals surface area contributed by atoms with Crippen molar-refractivity contribution in [1.82, 2.24) is 14.3 Å². The molecule has 0 saturated carbocycles. The summed E-state index contributed by atoms with van der Waals surface area (Å²) in [7, 11) is 0. The maximum absolute atomic E-state index is 9.35. The number of aromatic nitrogens is 2. The van der Waals surface area contributed by atoms with Crippen LogP contribution in [-0.2, 0) is 6.42 Å². The van der Waals surface area contributed by atoms with E-state index >= 15 is 0 Å². The summed E-state index contributed by atoms with van der Waals surface area (Å²) in [4.78, 5) is 9.09. The van der Waals surface area contributed by atoms with Gasteiger partial charge in [-0.3, -0.25) is 4.90 Å². The number of hydrogen-bond acceptors (Lipinski definition) is 6. The van der Waals surface area contributed by atoms with Gasteiger partial charge in [0.25, 0.3) is 0 Å². The van der Waals surface area contributed by atoms with Crippen molar-refractivity contribution in [2.75, 3.05) is 37.6 Å². The van der Waals surface area contributed by atoms with Crippen LogP contribution in [0.3, 0.4) is 0 Å². The number of nitrogens with zero attached hydrogens (tertiary/aromatic N) is 4. The van der Waals surface area contributed by atoms with Crippen molar-refractivity contribution in [1.29, 1.82) is 0 Å². The summed E-state index contributed by atoms with van der Waals surface area (Å²) in [5.74, 6) is 0.941. The van der Waals surface area contributed by atoms with Gasteiger partial charge in [-0.05, 0) is 6.92 Å². The zero-order valence-corrected chi connectivity index (χ0v) is 11.3. The molecule has 5 nitrogen and oxygen atoms in total. The monoisotopic (exact) mass is 256 g/mol. The van der Waals surface area contributed by atoms with E-state index in [0.717, 1.165) is 50.1 Å². The molecule has 0 aromatic carbocycles. The van der Waals surface area contributed by atoms with Gasteiger partial charge in [0.15, 0.2) is 0 Å². The van der Waals surface area contributed by atoms with Gasteiger partial charge in [-0.2, -0.15) is 4.37 Å². The SMILES string of the molecule is CCc1nsc(N2CCN(C[C@@H](C)O)CC2)n1. The molecule has 0 amide bonds. The molecule has 2 rings (SSSR count). The van der Waals surface area contributed by atoms with Crippen LogP contribution in [0, 0.1) is 0 Å². The average Bonchev–Trinajstić information content (AvgIpc) is 2.78. The normalized spacial score (nSPS) is 19.6. The van der Waals surface area contributed by atoms with Gasteiger partial charge in [-0.15, -0.1) is 0 Å². The molecule has 96 valence electrons. The Hall–Kier alpha value is -0.720. The zero-order valence-electron chi connectivity index (χ0n) is 10.5. The lowest BCUT2D eigenvalue weighted by Crippen LogP contribution is -2.48. The highest BCUT2D eigenvalue weighted by molar-refractivity contribution is 7.09. The standard InChI is InChI=1S/C11H20N4OS/c1-3-10-12-11(17-13-10)15-6-4-14(5-7-15)8-9(2)16/h9,16H,3-8H2,1-2H3/t9-/m1/s1. The molecule has 0 radical (unpaired) electrons. The summed E-state index contributed by atoms with van der Waals surface area (Å²) in [5.41, 5.74) is 0. The average molecular weight is 256 g/mol. The van der Waals surface area contributed by atoms with Crippen LogP contribution in [0.1, 0.15) is 19.7 Å². The zero-order chi connectivity index (χ0) is 12.3. The summed E-state index contributed by atoms with van der Waals surface area (Å²) in [5, 5.41) is 10.4. The number of aliphatic hydroxyl groups excluding tert-OH is 1. The first-order valence-corrected chi connectivity index (χ1v) is 6.94. The van der Waals surface area contributed by atoms with E-state index in [-0.39, 0.29) is 6.10 Å². The van der Waals surface area contributed by atoms with Crippen LogP contribution in [0.2, 0.25) is 0 Å². The Balaban J connectivity index is 1.86.